The lowest BCUT2D eigenvalue weighted by Gasteiger charge is -2.11. The van der Waals surface area contributed by atoms with Gasteiger partial charge in [0, 0.05) is 17.3 Å². The zero-order valence-electron chi connectivity index (χ0n) is 9.91. The molecule has 0 amide bonds. The van der Waals surface area contributed by atoms with E-state index in [-0.39, 0.29) is 12.5 Å². The van der Waals surface area contributed by atoms with E-state index in [0.29, 0.717) is 13.0 Å². The number of carboxylic acids is 1. The van der Waals surface area contributed by atoms with Crippen molar-refractivity contribution in [3.8, 4) is 0 Å². The zero-order chi connectivity index (χ0) is 12.1. The maximum atomic E-state index is 10.3. The molecule has 0 aliphatic rings. The molecular weight excluding hydrogens is 224 g/mol. The lowest BCUT2D eigenvalue weighted by Crippen LogP contribution is -2.21. The first-order valence-corrected chi connectivity index (χ1v) is 6.21. The summed E-state index contributed by atoms with van der Waals surface area (Å²) < 4.78 is 0. The summed E-state index contributed by atoms with van der Waals surface area (Å²) in [5, 5.41) is 12.9. The highest BCUT2D eigenvalue weighted by molar-refractivity contribution is 7.11. The van der Waals surface area contributed by atoms with Gasteiger partial charge in [0.1, 0.15) is 0 Å². The van der Waals surface area contributed by atoms with Gasteiger partial charge in [-0.15, -0.1) is 11.3 Å². The molecule has 0 saturated carbocycles. The fourth-order valence-corrected chi connectivity index (χ4v) is 2.52. The van der Waals surface area contributed by atoms with E-state index in [9.17, 15) is 4.79 Å². The molecule has 0 aliphatic heterocycles. The Balaban J connectivity index is 2.38. The first-order chi connectivity index (χ1) is 7.50. The quantitative estimate of drug-likeness (QED) is 0.751. The summed E-state index contributed by atoms with van der Waals surface area (Å²) in [5.74, 6) is -0.741. The monoisotopic (exact) mass is 242 g/mol. The van der Waals surface area contributed by atoms with Gasteiger partial charge >= 0.3 is 5.97 Å². The third-order valence-electron chi connectivity index (χ3n) is 2.37. The van der Waals surface area contributed by atoms with Gasteiger partial charge in [-0.2, -0.15) is 0 Å². The van der Waals surface area contributed by atoms with Crippen LogP contribution in [0.15, 0.2) is 0 Å². The van der Waals surface area contributed by atoms with Gasteiger partial charge < -0.3 is 10.4 Å². The van der Waals surface area contributed by atoms with Crippen molar-refractivity contribution in [2.24, 2.45) is 0 Å². The molecule has 0 bridgehead atoms. The lowest BCUT2D eigenvalue weighted by atomic mass is 10.2. The summed E-state index contributed by atoms with van der Waals surface area (Å²) >= 11 is 1.70. The zero-order valence-corrected chi connectivity index (χ0v) is 10.7. The highest BCUT2D eigenvalue weighted by Crippen LogP contribution is 2.22. The number of hydrogen-bond acceptors (Lipinski definition) is 4. The van der Waals surface area contributed by atoms with Crippen molar-refractivity contribution in [3.05, 3.63) is 15.6 Å². The van der Waals surface area contributed by atoms with E-state index >= 15 is 0 Å². The van der Waals surface area contributed by atoms with E-state index in [2.05, 4.69) is 24.1 Å². The van der Waals surface area contributed by atoms with E-state index in [1.807, 2.05) is 6.92 Å². The molecule has 1 rings (SSSR count). The molecule has 4 nitrogen and oxygen atoms in total. The van der Waals surface area contributed by atoms with Crippen LogP contribution < -0.4 is 5.32 Å². The number of carboxylic acid groups (broad SMARTS) is 1. The fraction of sp³-hybridized carbons (Fsp3) is 0.636. The topological polar surface area (TPSA) is 62.2 Å². The lowest BCUT2D eigenvalue weighted by molar-refractivity contribution is -0.137. The maximum absolute atomic E-state index is 10.3. The largest absolute Gasteiger partial charge is 0.481 e. The summed E-state index contributed by atoms with van der Waals surface area (Å²) in [5.41, 5.74) is 1.08. The molecule has 0 fully saturated rings. The number of aliphatic carboxylic acids is 1. The van der Waals surface area contributed by atoms with E-state index in [1.54, 1.807) is 11.3 Å². The van der Waals surface area contributed by atoms with Gasteiger partial charge in [0.2, 0.25) is 0 Å². The molecule has 0 spiro atoms. The third-order valence-corrected chi connectivity index (χ3v) is 3.27. The van der Waals surface area contributed by atoms with E-state index < -0.39 is 5.97 Å². The highest BCUT2D eigenvalue weighted by atomic mass is 32.1. The molecule has 16 heavy (non-hydrogen) atoms. The number of aryl methyl sites for hydroxylation is 2. The van der Waals surface area contributed by atoms with Crippen molar-refractivity contribution in [1.82, 2.24) is 10.3 Å². The standard InChI is InChI=1S/C11H18N2O2S/c1-7(12-6-4-5-10(14)15)11-8(2)16-9(3)13-11/h7,12H,4-6H2,1-3H3,(H,14,15). The van der Waals surface area contributed by atoms with Gasteiger partial charge in [0.05, 0.1) is 10.7 Å². The molecule has 1 aromatic rings. The number of rotatable bonds is 6. The Hall–Kier alpha value is -0.940. The van der Waals surface area contributed by atoms with Crippen LogP contribution in [0.1, 0.15) is 41.4 Å². The van der Waals surface area contributed by atoms with Crippen LogP contribution in [-0.4, -0.2) is 22.6 Å². The van der Waals surface area contributed by atoms with Crippen LogP contribution in [0.25, 0.3) is 0 Å². The minimum atomic E-state index is -0.741. The van der Waals surface area contributed by atoms with Crippen molar-refractivity contribution < 1.29 is 9.90 Å². The minimum Gasteiger partial charge on any atom is -0.481 e. The second-order valence-corrected chi connectivity index (χ2v) is 5.25. The number of carbonyl (C=O) groups is 1. The first kappa shape index (κ1) is 13.1. The van der Waals surface area contributed by atoms with Crippen molar-refractivity contribution in [1.29, 1.82) is 0 Å². The van der Waals surface area contributed by atoms with Gasteiger partial charge in [-0.3, -0.25) is 4.79 Å². The van der Waals surface area contributed by atoms with Crippen LogP contribution in [-0.2, 0) is 4.79 Å². The van der Waals surface area contributed by atoms with Crippen LogP contribution in [0.3, 0.4) is 0 Å². The summed E-state index contributed by atoms with van der Waals surface area (Å²) in [4.78, 5) is 16.0. The van der Waals surface area contributed by atoms with Gasteiger partial charge in [-0.25, -0.2) is 4.98 Å². The average Bonchev–Trinajstić information content (AvgIpc) is 2.52. The Labute approximate surface area is 99.7 Å². The van der Waals surface area contributed by atoms with Crippen LogP contribution >= 0.6 is 11.3 Å². The van der Waals surface area contributed by atoms with Gasteiger partial charge in [-0.1, -0.05) is 0 Å². The molecule has 1 atom stereocenters. The predicted octanol–water partition coefficient (Wildman–Crippen LogP) is 2.28. The summed E-state index contributed by atoms with van der Waals surface area (Å²) in [6.45, 7) is 6.83. The van der Waals surface area contributed by atoms with Crippen molar-refractivity contribution >= 4 is 17.3 Å². The molecule has 1 aromatic heterocycles. The van der Waals surface area contributed by atoms with E-state index in [0.717, 1.165) is 10.7 Å². The summed E-state index contributed by atoms with van der Waals surface area (Å²) in [7, 11) is 0. The number of hydrogen-bond donors (Lipinski definition) is 2. The Morgan fingerprint density at radius 3 is 2.75 bits per heavy atom. The molecule has 1 unspecified atom stereocenters. The molecule has 0 aliphatic carbocycles. The van der Waals surface area contributed by atoms with Crippen LogP contribution in [0, 0.1) is 13.8 Å². The van der Waals surface area contributed by atoms with Crippen LogP contribution in [0.2, 0.25) is 0 Å². The Morgan fingerprint density at radius 1 is 1.56 bits per heavy atom. The van der Waals surface area contributed by atoms with E-state index in [1.165, 1.54) is 4.88 Å². The Bertz CT molecular complexity index is 363. The highest BCUT2D eigenvalue weighted by Gasteiger charge is 2.12. The fourth-order valence-electron chi connectivity index (χ4n) is 1.60. The molecule has 2 N–H and O–H groups in total. The molecule has 1 heterocycles. The average molecular weight is 242 g/mol. The number of nitrogens with one attached hydrogen (secondary N) is 1. The molecule has 90 valence electrons. The number of thiazole rings is 1. The molecule has 0 aromatic carbocycles. The van der Waals surface area contributed by atoms with Crippen LogP contribution in [0.4, 0.5) is 0 Å². The van der Waals surface area contributed by atoms with Crippen molar-refractivity contribution in [2.75, 3.05) is 6.54 Å². The Morgan fingerprint density at radius 2 is 2.25 bits per heavy atom. The number of aromatic nitrogens is 1. The summed E-state index contributed by atoms with van der Waals surface area (Å²) in [6, 6.07) is 0.193. The van der Waals surface area contributed by atoms with Crippen LogP contribution in [0.5, 0.6) is 0 Å². The maximum Gasteiger partial charge on any atom is 0.303 e. The molecular formula is C11H18N2O2S. The smallest absolute Gasteiger partial charge is 0.303 e. The molecule has 0 saturated heterocycles. The normalized spacial score (nSPS) is 12.7. The summed E-state index contributed by atoms with van der Waals surface area (Å²) in [6.07, 6.45) is 0.872. The van der Waals surface area contributed by atoms with Gasteiger partial charge in [-0.05, 0) is 33.7 Å². The SMILES string of the molecule is Cc1nc(C(C)NCCCC(=O)O)c(C)s1. The van der Waals surface area contributed by atoms with E-state index in [4.69, 9.17) is 5.11 Å². The van der Waals surface area contributed by atoms with Gasteiger partial charge in [0.15, 0.2) is 0 Å². The predicted molar refractivity (Wildman–Crippen MR) is 64.9 cm³/mol. The molecule has 0 radical (unpaired) electrons. The second kappa shape index (κ2) is 5.96. The second-order valence-electron chi connectivity index (χ2n) is 3.85. The minimum absolute atomic E-state index is 0.193. The van der Waals surface area contributed by atoms with Crippen molar-refractivity contribution in [2.45, 2.75) is 39.7 Å². The first-order valence-electron chi connectivity index (χ1n) is 5.40. The molecule has 5 heteroatoms. The Kier molecular flexibility index (Phi) is 4.89. The van der Waals surface area contributed by atoms with Gasteiger partial charge in [0.25, 0.3) is 0 Å². The number of nitrogens with zero attached hydrogens (tertiary/aromatic N) is 1. The third kappa shape index (κ3) is 3.90. The van der Waals surface area contributed by atoms with Crippen molar-refractivity contribution in [3.63, 3.8) is 0 Å².